The molecule has 1 atom stereocenters. The first-order valence-corrected chi connectivity index (χ1v) is 4.90. The Labute approximate surface area is 88.8 Å². The van der Waals surface area contributed by atoms with Crippen LogP contribution in [0.2, 0.25) is 0 Å². The van der Waals surface area contributed by atoms with Crippen molar-refractivity contribution in [2.24, 2.45) is 5.92 Å². The van der Waals surface area contributed by atoms with Gasteiger partial charge in [0.1, 0.15) is 5.75 Å². The van der Waals surface area contributed by atoms with E-state index in [-0.39, 0.29) is 5.92 Å². The molecule has 1 aromatic carbocycles. The summed E-state index contributed by atoms with van der Waals surface area (Å²) in [6, 6.07) is 9.20. The maximum absolute atomic E-state index is 11.0. The van der Waals surface area contributed by atoms with Crippen LogP contribution in [-0.4, -0.2) is 11.3 Å². The molecule has 14 heavy (non-hydrogen) atoms. The van der Waals surface area contributed by atoms with E-state index in [1.165, 1.54) is 0 Å². The van der Waals surface area contributed by atoms with E-state index in [0.717, 1.165) is 0 Å². The third-order valence-corrected chi connectivity index (χ3v) is 2.05. The van der Waals surface area contributed by atoms with Crippen LogP contribution in [0.5, 0.6) is 5.75 Å². The molecule has 0 aliphatic heterocycles. The Bertz CT molecular complexity index is 295. The van der Waals surface area contributed by atoms with Crippen LogP contribution in [0, 0.1) is 5.92 Å². The van der Waals surface area contributed by atoms with Gasteiger partial charge in [-0.05, 0) is 29.7 Å². The first-order chi connectivity index (χ1) is 6.61. The minimum Gasteiger partial charge on any atom is -0.481 e. The zero-order valence-electron chi connectivity index (χ0n) is 8.24. The first-order valence-electron chi connectivity index (χ1n) is 4.52. The predicted molar refractivity (Wildman–Crippen MR) is 56.6 cm³/mol. The fraction of sp³-hybridized carbons (Fsp3) is 0.364. The molecule has 2 nitrogen and oxygen atoms in total. The smallest absolute Gasteiger partial charge is 0.262 e. The van der Waals surface area contributed by atoms with Crippen molar-refractivity contribution in [3.63, 3.8) is 0 Å². The number of rotatable bonds is 4. The van der Waals surface area contributed by atoms with Crippen molar-refractivity contribution in [3.05, 3.63) is 30.3 Å². The lowest BCUT2D eigenvalue weighted by Crippen LogP contribution is -2.29. The summed E-state index contributed by atoms with van der Waals surface area (Å²) in [6.45, 7) is 3.79. The van der Waals surface area contributed by atoms with Crippen molar-refractivity contribution in [2.45, 2.75) is 20.0 Å². The zero-order valence-corrected chi connectivity index (χ0v) is 8.99. The van der Waals surface area contributed by atoms with E-state index in [4.69, 9.17) is 16.3 Å². The van der Waals surface area contributed by atoms with Crippen LogP contribution in [0.15, 0.2) is 30.3 Å². The highest BCUT2D eigenvalue weighted by atomic mass is 35.5. The largest absolute Gasteiger partial charge is 0.481 e. The summed E-state index contributed by atoms with van der Waals surface area (Å²) in [5.41, 5.74) is 0. The van der Waals surface area contributed by atoms with Crippen molar-refractivity contribution in [1.82, 2.24) is 0 Å². The van der Waals surface area contributed by atoms with Gasteiger partial charge in [-0.1, -0.05) is 32.0 Å². The van der Waals surface area contributed by atoms with Crippen molar-refractivity contribution < 1.29 is 9.53 Å². The topological polar surface area (TPSA) is 26.3 Å². The van der Waals surface area contributed by atoms with Crippen LogP contribution >= 0.6 is 11.6 Å². The summed E-state index contributed by atoms with van der Waals surface area (Å²) in [5, 5.41) is -0.455. The summed E-state index contributed by atoms with van der Waals surface area (Å²) in [5.74, 6) is 0.736. The lowest BCUT2D eigenvalue weighted by Gasteiger charge is -2.18. The minimum absolute atomic E-state index is 0.0696. The highest BCUT2D eigenvalue weighted by Gasteiger charge is 2.21. The van der Waals surface area contributed by atoms with Gasteiger partial charge in [0.2, 0.25) is 0 Å². The number of benzene rings is 1. The van der Waals surface area contributed by atoms with Gasteiger partial charge >= 0.3 is 0 Å². The SMILES string of the molecule is CC(C)[C@H](Oc1ccccc1)C(=O)Cl. The van der Waals surface area contributed by atoms with Gasteiger partial charge in [0.25, 0.3) is 5.24 Å². The molecule has 1 rings (SSSR count). The Balaban J connectivity index is 2.70. The molecule has 0 N–H and O–H groups in total. The first kappa shape index (κ1) is 11.1. The Morgan fingerprint density at radius 1 is 1.29 bits per heavy atom. The van der Waals surface area contributed by atoms with E-state index in [2.05, 4.69) is 0 Å². The quantitative estimate of drug-likeness (QED) is 0.718. The summed E-state index contributed by atoms with van der Waals surface area (Å²) >= 11 is 5.42. The lowest BCUT2D eigenvalue weighted by atomic mass is 10.1. The van der Waals surface area contributed by atoms with Gasteiger partial charge in [-0.15, -0.1) is 0 Å². The number of para-hydroxylation sites is 1. The number of carbonyl (C=O) groups is 1. The van der Waals surface area contributed by atoms with Crippen LogP contribution < -0.4 is 4.74 Å². The molecule has 0 heterocycles. The van der Waals surface area contributed by atoms with E-state index in [1.807, 2.05) is 32.0 Å². The standard InChI is InChI=1S/C11H13ClO2/c1-8(2)10(11(12)13)14-9-6-4-3-5-7-9/h3-8,10H,1-2H3/t10-/m0/s1. The van der Waals surface area contributed by atoms with Gasteiger partial charge in [-0.3, -0.25) is 4.79 Å². The van der Waals surface area contributed by atoms with Crippen LogP contribution in [-0.2, 0) is 4.79 Å². The van der Waals surface area contributed by atoms with Crippen LogP contribution in [0.3, 0.4) is 0 Å². The van der Waals surface area contributed by atoms with E-state index in [1.54, 1.807) is 12.1 Å². The Morgan fingerprint density at radius 2 is 1.86 bits per heavy atom. The third-order valence-electron chi connectivity index (χ3n) is 1.84. The van der Waals surface area contributed by atoms with Crippen LogP contribution in [0.4, 0.5) is 0 Å². The van der Waals surface area contributed by atoms with Crippen LogP contribution in [0.25, 0.3) is 0 Å². The fourth-order valence-corrected chi connectivity index (χ4v) is 1.39. The second kappa shape index (κ2) is 5.01. The Hall–Kier alpha value is -1.02. The van der Waals surface area contributed by atoms with E-state index < -0.39 is 11.3 Å². The molecule has 0 saturated heterocycles. The van der Waals surface area contributed by atoms with Gasteiger partial charge < -0.3 is 4.74 Å². The summed E-state index contributed by atoms with van der Waals surface area (Å²) in [4.78, 5) is 11.0. The average Bonchev–Trinajstić information content (AvgIpc) is 2.15. The molecule has 0 fully saturated rings. The van der Waals surface area contributed by atoms with Crippen molar-refractivity contribution in [3.8, 4) is 5.75 Å². The highest BCUT2D eigenvalue weighted by Crippen LogP contribution is 2.16. The monoisotopic (exact) mass is 212 g/mol. The molecule has 0 unspecified atom stereocenters. The van der Waals surface area contributed by atoms with Crippen molar-refractivity contribution in [2.75, 3.05) is 0 Å². The van der Waals surface area contributed by atoms with E-state index in [0.29, 0.717) is 5.75 Å². The lowest BCUT2D eigenvalue weighted by molar-refractivity contribution is -0.119. The maximum Gasteiger partial charge on any atom is 0.262 e. The molecule has 0 radical (unpaired) electrons. The van der Waals surface area contributed by atoms with E-state index >= 15 is 0 Å². The Kier molecular flexibility index (Phi) is 3.96. The second-order valence-electron chi connectivity index (χ2n) is 3.40. The average molecular weight is 213 g/mol. The van der Waals surface area contributed by atoms with Crippen LogP contribution in [0.1, 0.15) is 13.8 Å². The predicted octanol–water partition coefficient (Wildman–Crippen LogP) is 2.86. The molecule has 0 bridgehead atoms. The number of halogens is 1. The van der Waals surface area contributed by atoms with E-state index in [9.17, 15) is 4.79 Å². The molecule has 76 valence electrons. The summed E-state index contributed by atoms with van der Waals surface area (Å²) in [6.07, 6.45) is -0.570. The molecule has 0 saturated carbocycles. The van der Waals surface area contributed by atoms with Gasteiger partial charge in [-0.2, -0.15) is 0 Å². The second-order valence-corrected chi connectivity index (χ2v) is 3.77. The molecule has 0 aliphatic carbocycles. The molecular weight excluding hydrogens is 200 g/mol. The van der Waals surface area contributed by atoms with Gasteiger partial charge in [0, 0.05) is 0 Å². The van der Waals surface area contributed by atoms with Gasteiger partial charge in [0.15, 0.2) is 6.10 Å². The minimum atomic E-state index is -0.570. The summed E-state index contributed by atoms with van der Waals surface area (Å²) in [7, 11) is 0. The van der Waals surface area contributed by atoms with Crippen molar-refractivity contribution >= 4 is 16.8 Å². The number of carbonyl (C=O) groups excluding carboxylic acids is 1. The number of ether oxygens (including phenoxy) is 1. The maximum atomic E-state index is 11.0. The molecule has 0 amide bonds. The molecule has 0 spiro atoms. The fourth-order valence-electron chi connectivity index (χ4n) is 1.09. The number of hydrogen-bond donors (Lipinski definition) is 0. The normalized spacial score (nSPS) is 12.6. The Morgan fingerprint density at radius 3 is 2.29 bits per heavy atom. The molecule has 3 heteroatoms. The van der Waals surface area contributed by atoms with Gasteiger partial charge in [-0.25, -0.2) is 0 Å². The molecular formula is C11H13ClO2. The number of hydrogen-bond acceptors (Lipinski definition) is 2. The van der Waals surface area contributed by atoms with Crippen molar-refractivity contribution in [1.29, 1.82) is 0 Å². The van der Waals surface area contributed by atoms with Gasteiger partial charge in [0.05, 0.1) is 0 Å². The molecule has 0 aromatic heterocycles. The zero-order chi connectivity index (χ0) is 10.6. The highest BCUT2D eigenvalue weighted by molar-refractivity contribution is 6.64. The third kappa shape index (κ3) is 3.04. The molecule has 0 aliphatic rings. The summed E-state index contributed by atoms with van der Waals surface area (Å²) < 4.78 is 5.46. The molecule has 1 aromatic rings.